The Morgan fingerprint density at radius 1 is 1.33 bits per heavy atom. The first-order valence-corrected chi connectivity index (χ1v) is 4.05. The molecule has 0 aromatic heterocycles. The van der Waals surface area contributed by atoms with Gasteiger partial charge in [0.1, 0.15) is 0 Å². The first-order chi connectivity index (χ1) is 4.30. The minimum absolute atomic E-state index is 0.769. The second-order valence-electron chi connectivity index (χ2n) is 3.19. The summed E-state index contributed by atoms with van der Waals surface area (Å²) in [5.74, 6) is 0. The van der Waals surface area contributed by atoms with Gasteiger partial charge in [-0.3, -0.25) is 0 Å². The molecule has 0 aliphatic carbocycles. The van der Waals surface area contributed by atoms with E-state index in [1.165, 1.54) is 33.1 Å². The molecule has 0 aromatic carbocycles. The van der Waals surface area contributed by atoms with E-state index in [9.17, 15) is 0 Å². The van der Waals surface area contributed by atoms with Crippen molar-refractivity contribution in [1.82, 2.24) is 4.81 Å². The van der Waals surface area contributed by atoms with Crippen LogP contribution in [0.25, 0.3) is 0 Å². The normalized spacial score (nSPS) is 22.1. The maximum atomic E-state index is 2.56. The second kappa shape index (κ2) is 3.26. The van der Waals surface area contributed by atoms with Gasteiger partial charge in [0.25, 0.3) is 0 Å². The highest BCUT2D eigenvalue weighted by molar-refractivity contribution is 6.32. The zero-order valence-corrected chi connectivity index (χ0v) is 6.56. The van der Waals surface area contributed by atoms with Crippen molar-refractivity contribution < 1.29 is 0 Å². The van der Waals surface area contributed by atoms with Crippen LogP contribution in [0.1, 0.15) is 26.7 Å². The van der Waals surface area contributed by atoms with E-state index >= 15 is 0 Å². The molecule has 1 fully saturated rings. The molecule has 2 heteroatoms. The van der Waals surface area contributed by atoms with Crippen molar-refractivity contribution in [2.45, 2.75) is 39.1 Å². The van der Waals surface area contributed by atoms with Gasteiger partial charge in [-0.25, -0.2) is 0 Å². The van der Waals surface area contributed by atoms with E-state index in [-0.39, 0.29) is 0 Å². The SMILES string of the molecule is CC(C)N1BCCCC1. The summed E-state index contributed by atoms with van der Waals surface area (Å²) in [5.41, 5.74) is 0. The van der Waals surface area contributed by atoms with Crippen molar-refractivity contribution in [2.24, 2.45) is 0 Å². The Hall–Kier alpha value is 0.0249. The van der Waals surface area contributed by atoms with E-state index in [4.69, 9.17) is 0 Å². The van der Waals surface area contributed by atoms with Crippen LogP contribution in [-0.2, 0) is 0 Å². The summed E-state index contributed by atoms with van der Waals surface area (Å²) in [6.07, 6.45) is 4.28. The van der Waals surface area contributed by atoms with Gasteiger partial charge < -0.3 is 4.81 Å². The predicted molar refractivity (Wildman–Crippen MR) is 43.0 cm³/mol. The standard InChI is InChI=1S/C7H16BN/c1-7(2)9-6-4-3-5-8-9/h7-8H,3-6H2,1-2H3. The fraction of sp³-hybridized carbons (Fsp3) is 1.00. The van der Waals surface area contributed by atoms with Gasteiger partial charge in [-0.15, -0.1) is 0 Å². The Morgan fingerprint density at radius 3 is 2.44 bits per heavy atom. The molecule has 52 valence electrons. The molecule has 1 aliphatic rings. The highest BCUT2D eigenvalue weighted by Crippen LogP contribution is 2.09. The summed E-state index contributed by atoms with van der Waals surface area (Å²) in [4.78, 5) is 2.56. The third kappa shape index (κ3) is 2.01. The first kappa shape index (κ1) is 7.14. The van der Waals surface area contributed by atoms with Crippen LogP contribution in [0.4, 0.5) is 0 Å². The molecule has 1 nitrogen and oxygen atoms in total. The van der Waals surface area contributed by atoms with Gasteiger partial charge in [0, 0.05) is 0 Å². The lowest BCUT2D eigenvalue weighted by atomic mass is 9.78. The van der Waals surface area contributed by atoms with Crippen LogP contribution in [0.15, 0.2) is 0 Å². The van der Waals surface area contributed by atoms with Crippen molar-refractivity contribution >= 4 is 7.41 Å². The molecular weight excluding hydrogens is 109 g/mol. The molecule has 1 heterocycles. The van der Waals surface area contributed by atoms with E-state index < -0.39 is 0 Å². The van der Waals surface area contributed by atoms with Crippen LogP contribution in [0.5, 0.6) is 0 Å². The number of hydrogen-bond acceptors (Lipinski definition) is 1. The van der Waals surface area contributed by atoms with E-state index in [0.29, 0.717) is 0 Å². The van der Waals surface area contributed by atoms with Crippen LogP contribution in [-0.4, -0.2) is 24.8 Å². The van der Waals surface area contributed by atoms with E-state index in [0.717, 1.165) is 6.04 Å². The molecule has 0 atom stereocenters. The minimum Gasteiger partial charge on any atom is -0.343 e. The predicted octanol–water partition coefficient (Wildman–Crippen LogP) is 1.26. The molecule has 0 bridgehead atoms. The Bertz CT molecular complexity index is 77.0. The average molecular weight is 125 g/mol. The van der Waals surface area contributed by atoms with Crippen molar-refractivity contribution in [3.63, 3.8) is 0 Å². The summed E-state index contributed by atoms with van der Waals surface area (Å²) in [6.45, 7) is 5.90. The maximum Gasteiger partial charge on any atom is 0.204 e. The molecule has 0 saturated carbocycles. The fourth-order valence-electron chi connectivity index (χ4n) is 1.43. The third-order valence-electron chi connectivity index (χ3n) is 2.12. The molecule has 0 aromatic rings. The monoisotopic (exact) mass is 125 g/mol. The van der Waals surface area contributed by atoms with Gasteiger partial charge in [0.15, 0.2) is 0 Å². The van der Waals surface area contributed by atoms with Crippen molar-refractivity contribution in [3.05, 3.63) is 0 Å². The highest BCUT2D eigenvalue weighted by Gasteiger charge is 2.13. The smallest absolute Gasteiger partial charge is 0.204 e. The summed E-state index contributed by atoms with van der Waals surface area (Å²) >= 11 is 0. The average Bonchev–Trinajstić information content (AvgIpc) is 1.90. The third-order valence-corrected chi connectivity index (χ3v) is 2.12. The molecule has 0 amide bonds. The Morgan fingerprint density at radius 2 is 2.11 bits per heavy atom. The summed E-state index contributed by atoms with van der Waals surface area (Å²) < 4.78 is 0. The summed E-state index contributed by atoms with van der Waals surface area (Å²) in [7, 11) is 1.33. The Labute approximate surface area is 58.7 Å². The van der Waals surface area contributed by atoms with Gasteiger partial charge in [-0.2, -0.15) is 0 Å². The lowest BCUT2D eigenvalue weighted by Gasteiger charge is -2.29. The molecule has 0 spiro atoms. The number of rotatable bonds is 1. The van der Waals surface area contributed by atoms with Gasteiger partial charge in [-0.05, 0) is 19.0 Å². The number of nitrogens with zero attached hydrogens (tertiary/aromatic N) is 1. The topological polar surface area (TPSA) is 3.24 Å². The Balaban J connectivity index is 2.23. The van der Waals surface area contributed by atoms with Crippen LogP contribution < -0.4 is 0 Å². The molecule has 0 unspecified atom stereocenters. The van der Waals surface area contributed by atoms with Crippen molar-refractivity contribution in [2.75, 3.05) is 6.54 Å². The van der Waals surface area contributed by atoms with Gasteiger partial charge in [0.2, 0.25) is 7.41 Å². The van der Waals surface area contributed by atoms with Gasteiger partial charge in [0.05, 0.1) is 0 Å². The van der Waals surface area contributed by atoms with E-state index in [2.05, 4.69) is 18.7 Å². The fourth-order valence-corrected chi connectivity index (χ4v) is 1.43. The molecular formula is C7H16BN. The van der Waals surface area contributed by atoms with Crippen molar-refractivity contribution in [1.29, 1.82) is 0 Å². The van der Waals surface area contributed by atoms with Crippen LogP contribution in [0.2, 0.25) is 6.32 Å². The molecule has 0 N–H and O–H groups in total. The maximum absolute atomic E-state index is 2.56. The minimum atomic E-state index is 0.769. The quantitative estimate of drug-likeness (QED) is 0.477. The van der Waals surface area contributed by atoms with Gasteiger partial charge >= 0.3 is 0 Å². The lowest BCUT2D eigenvalue weighted by Crippen LogP contribution is -2.37. The van der Waals surface area contributed by atoms with Crippen LogP contribution in [0, 0.1) is 0 Å². The van der Waals surface area contributed by atoms with Crippen LogP contribution >= 0.6 is 0 Å². The highest BCUT2D eigenvalue weighted by atomic mass is 15.1. The largest absolute Gasteiger partial charge is 0.343 e. The number of hydrogen-bond donors (Lipinski definition) is 0. The Kier molecular flexibility index (Phi) is 2.58. The second-order valence-corrected chi connectivity index (χ2v) is 3.19. The molecule has 1 rings (SSSR count). The molecule has 1 saturated heterocycles. The summed E-state index contributed by atoms with van der Waals surface area (Å²) in [5, 5.41) is 0. The summed E-state index contributed by atoms with van der Waals surface area (Å²) in [6, 6.07) is 0.769. The van der Waals surface area contributed by atoms with E-state index in [1.54, 1.807) is 0 Å². The van der Waals surface area contributed by atoms with Gasteiger partial charge in [-0.1, -0.05) is 26.6 Å². The molecule has 1 aliphatic heterocycles. The zero-order chi connectivity index (χ0) is 6.69. The molecule has 0 radical (unpaired) electrons. The zero-order valence-electron chi connectivity index (χ0n) is 6.56. The molecule has 9 heavy (non-hydrogen) atoms. The lowest BCUT2D eigenvalue weighted by molar-refractivity contribution is 0.346. The van der Waals surface area contributed by atoms with Crippen LogP contribution in [0.3, 0.4) is 0 Å². The first-order valence-electron chi connectivity index (χ1n) is 4.05. The van der Waals surface area contributed by atoms with Crippen molar-refractivity contribution in [3.8, 4) is 0 Å². The van der Waals surface area contributed by atoms with E-state index in [1.807, 2.05) is 0 Å².